The monoisotopic (exact) mass is 394 g/mol. The minimum atomic E-state index is -0.422. The van der Waals surface area contributed by atoms with Gasteiger partial charge >= 0.3 is 6.03 Å². The van der Waals surface area contributed by atoms with Gasteiger partial charge in [0.2, 0.25) is 5.96 Å². The molecule has 1 aromatic carbocycles. The maximum atomic E-state index is 11.7. The van der Waals surface area contributed by atoms with E-state index in [9.17, 15) is 10.0 Å². The van der Waals surface area contributed by atoms with Gasteiger partial charge in [0.25, 0.3) is 0 Å². The number of oxime groups is 1. The van der Waals surface area contributed by atoms with Crippen molar-refractivity contribution in [3.05, 3.63) is 48.3 Å². The van der Waals surface area contributed by atoms with Gasteiger partial charge in [-0.2, -0.15) is 0 Å². The van der Waals surface area contributed by atoms with Crippen molar-refractivity contribution in [2.75, 3.05) is 6.54 Å². The van der Waals surface area contributed by atoms with Crippen molar-refractivity contribution in [2.24, 2.45) is 21.8 Å². The van der Waals surface area contributed by atoms with Gasteiger partial charge in [0.15, 0.2) is 0 Å². The summed E-state index contributed by atoms with van der Waals surface area (Å²) in [7, 11) is 0. The van der Waals surface area contributed by atoms with E-state index in [1.54, 1.807) is 12.4 Å². The van der Waals surface area contributed by atoms with E-state index < -0.39 is 6.03 Å². The molecule has 0 bridgehead atoms. The normalized spacial score (nSPS) is 15.3. The predicted molar refractivity (Wildman–Crippen MR) is 113 cm³/mol. The van der Waals surface area contributed by atoms with Crippen LogP contribution < -0.4 is 16.4 Å². The van der Waals surface area contributed by atoms with Gasteiger partial charge in [-0.3, -0.25) is 10.3 Å². The summed E-state index contributed by atoms with van der Waals surface area (Å²) in [5.74, 6) is 0.130. The summed E-state index contributed by atoms with van der Waals surface area (Å²) in [4.78, 5) is 20.3. The van der Waals surface area contributed by atoms with E-state index in [1.807, 2.05) is 37.3 Å². The Morgan fingerprint density at radius 2 is 2.07 bits per heavy atom. The fraction of sp³-hybridized carbons (Fsp3) is 0.333. The second kappa shape index (κ2) is 9.68. The zero-order valence-corrected chi connectivity index (χ0v) is 16.4. The Balaban J connectivity index is 2.01. The molecule has 0 spiro atoms. The topological polar surface area (TPSA) is 125 Å². The molecule has 0 aliphatic heterocycles. The van der Waals surface area contributed by atoms with Gasteiger partial charge in [-0.1, -0.05) is 30.1 Å². The highest BCUT2D eigenvalue weighted by Gasteiger charge is 2.25. The first-order valence-electron chi connectivity index (χ1n) is 9.78. The van der Waals surface area contributed by atoms with Gasteiger partial charge in [-0.15, -0.1) is 0 Å². The molecule has 3 rings (SSSR count). The van der Waals surface area contributed by atoms with E-state index in [2.05, 4.69) is 25.8 Å². The van der Waals surface area contributed by atoms with Crippen LogP contribution in [-0.4, -0.2) is 34.4 Å². The van der Waals surface area contributed by atoms with Gasteiger partial charge < -0.3 is 16.3 Å². The van der Waals surface area contributed by atoms with Crippen LogP contribution in [0.15, 0.2) is 52.9 Å². The number of amides is 2. The average Bonchev–Trinajstić information content (AvgIpc) is 3.25. The van der Waals surface area contributed by atoms with Crippen molar-refractivity contribution in [1.82, 2.24) is 15.6 Å². The zero-order valence-electron chi connectivity index (χ0n) is 16.4. The molecule has 29 heavy (non-hydrogen) atoms. The molecule has 1 fully saturated rings. The molecule has 1 aliphatic rings. The third kappa shape index (κ3) is 5.10. The third-order valence-electron chi connectivity index (χ3n) is 4.94. The van der Waals surface area contributed by atoms with Crippen LogP contribution in [0.3, 0.4) is 0 Å². The lowest BCUT2D eigenvalue weighted by molar-refractivity contribution is 0.245. The summed E-state index contributed by atoms with van der Waals surface area (Å²) < 4.78 is 0. The van der Waals surface area contributed by atoms with Crippen molar-refractivity contribution < 1.29 is 10.0 Å². The largest absolute Gasteiger partial charge is 0.411 e. The lowest BCUT2D eigenvalue weighted by Crippen LogP contribution is -2.43. The molecule has 0 radical (unpaired) electrons. The highest BCUT2D eigenvalue weighted by atomic mass is 16.4. The molecule has 8 heteroatoms. The highest BCUT2D eigenvalue weighted by molar-refractivity contribution is 6.08. The van der Waals surface area contributed by atoms with E-state index in [0.717, 1.165) is 36.8 Å². The van der Waals surface area contributed by atoms with Crippen molar-refractivity contribution in [3.8, 4) is 11.1 Å². The Bertz CT molecular complexity index is 905. The molecule has 8 nitrogen and oxygen atoms in total. The van der Waals surface area contributed by atoms with Crippen LogP contribution in [-0.2, 0) is 0 Å². The summed E-state index contributed by atoms with van der Waals surface area (Å²) >= 11 is 0. The van der Waals surface area contributed by atoms with E-state index in [0.29, 0.717) is 23.5 Å². The molecule has 0 saturated heterocycles. The molecule has 2 amide bonds. The fourth-order valence-electron chi connectivity index (χ4n) is 3.59. The molecule has 5 N–H and O–H groups in total. The van der Waals surface area contributed by atoms with Gasteiger partial charge in [-0.25, -0.2) is 9.79 Å². The standard InChI is InChI=1S/C21H26N6O2/c1-2-24-21(28)26-20(22)25-18-10-9-15(16-8-5-11-23-13-16)12-17(18)19(27-29)14-6-3-4-7-14/h5,8-14,29H,2-4,6-7H2,1H3,(H4,22,24,25,26,28)/b27-19-. The Morgan fingerprint density at radius 1 is 1.28 bits per heavy atom. The molecular weight excluding hydrogens is 368 g/mol. The van der Waals surface area contributed by atoms with E-state index in [1.165, 1.54) is 0 Å². The summed E-state index contributed by atoms with van der Waals surface area (Å²) in [6.45, 7) is 2.29. The SMILES string of the molecule is CCNC(=O)NC(N)=Nc1ccc(-c2cccnc2)cc1/C(=N\O)C1CCCC1. The first-order valence-corrected chi connectivity index (χ1v) is 9.78. The Hall–Kier alpha value is -3.42. The van der Waals surface area contributed by atoms with Crippen LogP contribution in [0.2, 0.25) is 0 Å². The minimum absolute atomic E-state index is 0.0324. The van der Waals surface area contributed by atoms with Gasteiger partial charge in [0.05, 0.1) is 11.4 Å². The summed E-state index contributed by atoms with van der Waals surface area (Å²) in [5.41, 5.74) is 9.62. The van der Waals surface area contributed by atoms with E-state index >= 15 is 0 Å². The number of nitrogens with two attached hydrogens (primary N) is 1. The van der Waals surface area contributed by atoms with Gasteiger partial charge in [-0.05, 0) is 43.5 Å². The maximum absolute atomic E-state index is 11.7. The molecule has 1 saturated carbocycles. The van der Waals surface area contributed by atoms with Crippen LogP contribution in [0.1, 0.15) is 38.2 Å². The third-order valence-corrected chi connectivity index (χ3v) is 4.94. The van der Waals surface area contributed by atoms with Gasteiger partial charge in [0, 0.05) is 36.0 Å². The molecule has 0 unspecified atom stereocenters. The summed E-state index contributed by atoms with van der Waals surface area (Å²) in [6.07, 6.45) is 7.63. The van der Waals surface area contributed by atoms with Crippen LogP contribution in [0.5, 0.6) is 0 Å². The molecule has 152 valence electrons. The number of hydrogen-bond donors (Lipinski definition) is 4. The number of guanidine groups is 1. The van der Waals surface area contributed by atoms with E-state index in [4.69, 9.17) is 5.73 Å². The number of rotatable bonds is 5. The van der Waals surface area contributed by atoms with Crippen LogP contribution >= 0.6 is 0 Å². The lowest BCUT2D eigenvalue weighted by Gasteiger charge is -2.16. The number of carbonyl (C=O) groups excluding carboxylic acids is 1. The lowest BCUT2D eigenvalue weighted by atomic mass is 9.92. The Labute approximate surface area is 169 Å². The van der Waals surface area contributed by atoms with Crippen LogP contribution in [0, 0.1) is 5.92 Å². The van der Waals surface area contributed by atoms with Crippen LogP contribution in [0.4, 0.5) is 10.5 Å². The second-order valence-corrected chi connectivity index (χ2v) is 6.92. The average molecular weight is 394 g/mol. The molecular formula is C21H26N6O2. The predicted octanol–water partition coefficient (Wildman–Crippen LogP) is 3.38. The highest BCUT2D eigenvalue weighted by Crippen LogP contribution is 2.34. The minimum Gasteiger partial charge on any atom is -0.411 e. The molecule has 1 aromatic heterocycles. The number of aliphatic imine (C=N–C) groups is 1. The first kappa shape index (κ1) is 20.3. The smallest absolute Gasteiger partial charge is 0.321 e. The van der Waals surface area contributed by atoms with Crippen molar-refractivity contribution in [1.29, 1.82) is 0 Å². The van der Waals surface area contributed by atoms with Crippen LogP contribution in [0.25, 0.3) is 11.1 Å². The first-order chi connectivity index (χ1) is 14.1. The second-order valence-electron chi connectivity index (χ2n) is 6.92. The van der Waals surface area contributed by atoms with Crippen molar-refractivity contribution in [3.63, 3.8) is 0 Å². The quantitative estimate of drug-likeness (QED) is 0.268. The van der Waals surface area contributed by atoms with Crippen molar-refractivity contribution in [2.45, 2.75) is 32.6 Å². The Kier molecular flexibility index (Phi) is 6.78. The summed E-state index contributed by atoms with van der Waals surface area (Å²) in [6, 6.07) is 9.06. The number of hydrogen-bond acceptors (Lipinski definition) is 5. The molecule has 2 aromatic rings. The number of carbonyl (C=O) groups is 1. The number of nitrogens with zero attached hydrogens (tertiary/aromatic N) is 3. The zero-order chi connectivity index (χ0) is 20.6. The van der Waals surface area contributed by atoms with Crippen molar-refractivity contribution >= 4 is 23.4 Å². The van der Waals surface area contributed by atoms with E-state index in [-0.39, 0.29) is 11.9 Å². The Morgan fingerprint density at radius 3 is 2.72 bits per heavy atom. The number of urea groups is 1. The molecule has 1 aliphatic carbocycles. The number of benzene rings is 1. The number of pyridine rings is 1. The number of aromatic nitrogens is 1. The molecule has 1 heterocycles. The summed E-state index contributed by atoms with van der Waals surface area (Å²) in [5, 5.41) is 18.5. The van der Waals surface area contributed by atoms with Gasteiger partial charge in [0.1, 0.15) is 0 Å². The number of nitrogens with one attached hydrogen (secondary N) is 2. The maximum Gasteiger partial charge on any atom is 0.321 e. The fourth-order valence-corrected chi connectivity index (χ4v) is 3.59. The molecule has 0 atom stereocenters.